The maximum atomic E-state index is 13.2. The number of carbonyl (C=O) groups excluding carboxylic acids is 1. The first-order valence-electron chi connectivity index (χ1n) is 14.1. The Hall–Kier alpha value is -1.65. The highest BCUT2D eigenvalue weighted by atomic mass is 16.6. The van der Waals surface area contributed by atoms with Gasteiger partial charge in [0.05, 0.1) is 6.10 Å². The van der Waals surface area contributed by atoms with Crippen molar-refractivity contribution in [1.29, 1.82) is 0 Å². The molecule has 1 aliphatic heterocycles. The van der Waals surface area contributed by atoms with Crippen LogP contribution in [0, 0.1) is 34.5 Å². The first kappa shape index (κ1) is 23.7. The molecule has 4 heteroatoms. The van der Waals surface area contributed by atoms with Gasteiger partial charge in [-0.15, -0.1) is 0 Å². The predicted octanol–water partition coefficient (Wildman–Crippen LogP) is 5.44. The van der Waals surface area contributed by atoms with E-state index in [4.69, 9.17) is 4.74 Å². The molecule has 3 saturated carbocycles. The topological polar surface area (TPSA) is 58.6 Å². The summed E-state index contributed by atoms with van der Waals surface area (Å²) in [4.78, 5) is 13.2. The SMILES string of the molecule is C[C@]12CCC3C(CC=C4C[C@H](O)CC[C@@]43C)C1CCC2[C@]1(C)CN[C@@H](Cc2ccccc2)C(=O)O1. The van der Waals surface area contributed by atoms with Crippen LogP contribution in [0.4, 0.5) is 0 Å². The number of hydrogen-bond donors (Lipinski definition) is 2. The highest BCUT2D eigenvalue weighted by Gasteiger charge is 2.63. The Kier molecular flexibility index (Phi) is 5.73. The summed E-state index contributed by atoms with van der Waals surface area (Å²) in [5, 5.41) is 13.9. The quantitative estimate of drug-likeness (QED) is 0.449. The highest BCUT2D eigenvalue weighted by molar-refractivity contribution is 5.77. The molecular weight excluding hydrogens is 434 g/mol. The number of aliphatic hydroxyl groups excluding tert-OH is 1. The minimum Gasteiger partial charge on any atom is -0.457 e. The lowest BCUT2D eigenvalue weighted by Gasteiger charge is -2.59. The first-order valence-corrected chi connectivity index (χ1v) is 14.1. The van der Waals surface area contributed by atoms with Crippen LogP contribution in [0.25, 0.3) is 0 Å². The number of esters is 1. The van der Waals surface area contributed by atoms with E-state index < -0.39 is 5.60 Å². The average Bonchev–Trinajstić information content (AvgIpc) is 3.20. The number of morpholine rings is 1. The molecule has 1 heterocycles. The van der Waals surface area contributed by atoms with Gasteiger partial charge in [-0.1, -0.05) is 55.8 Å². The summed E-state index contributed by atoms with van der Waals surface area (Å²) >= 11 is 0. The molecule has 35 heavy (non-hydrogen) atoms. The molecular formula is C31H43NO3. The molecule has 0 radical (unpaired) electrons. The number of ether oxygens (including phenoxy) is 1. The van der Waals surface area contributed by atoms with Crippen molar-refractivity contribution in [3.05, 3.63) is 47.5 Å². The normalized spacial score (nSPS) is 47.2. The third-order valence-electron chi connectivity index (χ3n) is 11.4. The van der Waals surface area contributed by atoms with Gasteiger partial charge < -0.3 is 15.2 Å². The molecule has 2 N–H and O–H groups in total. The lowest BCUT2D eigenvalue weighted by molar-refractivity contribution is -0.184. The van der Waals surface area contributed by atoms with Crippen LogP contribution < -0.4 is 5.32 Å². The molecule has 9 atom stereocenters. The van der Waals surface area contributed by atoms with Crippen molar-refractivity contribution in [3.8, 4) is 0 Å². The van der Waals surface area contributed by atoms with Gasteiger partial charge in [0, 0.05) is 12.5 Å². The van der Waals surface area contributed by atoms with Crippen LogP contribution in [0.15, 0.2) is 42.0 Å². The van der Waals surface area contributed by atoms with E-state index >= 15 is 0 Å². The Balaban J connectivity index is 1.19. The van der Waals surface area contributed by atoms with Gasteiger partial charge in [0.2, 0.25) is 0 Å². The molecule has 0 aromatic heterocycles. The number of cyclic esters (lactones) is 1. The van der Waals surface area contributed by atoms with Crippen molar-refractivity contribution in [1.82, 2.24) is 5.32 Å². The molecule has 4 fully saturated rings. The predicted molar refractivity (Wildman–Crippen MR) is 138 cm³/mol. The van der Waals surface area contributed by atoms with E-state index in [1.165, 1.54) is 36.8 Å². The van der Waals surface area contributed by atoms with Crippen molar-refractivity contribution in [2.75, 3.05) is 6.54 Å². The van der Waals surface area contributed by atoms with E-state index in [1.807, 2.05) is 18.2 Å². The lowest BCUT2D eigenvalue weighted by Crippen LogP contribution is -2.62. The Morgan fingerprint density at radius 1 is 1.03 bits per heavy atom. The second-order valence-electron chi connectivity index (χ2n) is 13.2. The fraction of sp³-hybridized carbons (Fsp3) is 0.710. The molecule has 0 bridgehead atoms. The van der Waals surface area contributed by atoms with Crippen molar-refractivity contribution >= 4 is 5.97 Å². The summed E-state index contributed by atoms with van der Waals surface area (Å²) in [5.41, 5.74) is 2.77. The fourth-order valence-electron chi connectivity index (χ4n) is 9.59. The standard InChI is InChI=1S/C31H43NO3/c1-29-15-13-22(33)18-21(29)9-10-23-24-11-12-27(30(24,2)16-14-25(23)29)31(3)19-32-26(28(34)35-31)17-20-7-5-4-6-8-20/h4-9,22-27,32-33H,10-19H2,1-3H3/t22-,23?,24?,25?,26+,27?,29+,30+,31+/m1/s1. The van der Waals surface area contributed by atoms with Gasteiger partial charge >= 0.3 is 5.97 Å². The van der Waals surface area contributed by atoms with Gasteiger partial charge in [-0.2, -0.15) is 0 Å². The highest BCUT2D eigenvalue weighted by Crippen LogP contribution is 2.67. The zero-order valence-electron chi connectivity index (χ0n) is 21.8. The number of fused-ring (bicyclic) bond motifs is 5. The molecule has 5 aliphatic rings. The zero-order chi connectivity index (χ0) is 24.4. The molecule has 190 valence electrons. The first-order chi connectivity index (χ1) is 16.7. The van der Waals surface area contributed by atoms with Gasteiger partial charge in [-0.3, -0.25) is 4.79 Å². The summed E-state index contributed by atoms with van der Waals surface area (Å²) in [5.74, 6) is 2.49. The van der Waals surface area contributed by atoms with Crippen LogP contribution in [0.1, 0.15) is 77.7 Å². The molecule has 4 nitrogen and oxygen atoms in total. The molecule has 4 unspecified atom stereocenters. The second-order valence-corrected chi connectivity index (χ2v) is 13.2. The number of rotatable bonds is 3. The van der Waals surface area contributed by atoms with Crippen LogP contribution in [0.3, 0.4) is 0 Å². The van der Waals surface area contributed by atoms with E-state index in [2.05, 4.69) is 44.3 Å². The molecule has 1 aromatic carbocycles. The third-order valence-corrected chi connectivity index (χ3v) is 11.4. The van der Waals surface area contributed by atoms with Crippen LogP contribution in [0.5, 0.6) is 0 Å². The van der Waals surface area contributed by atoms with E-state index in [1.54, 1.807) is 0 Å². The average molecular weight is 478 g/mol. The Morgan fingerprint density at radius 3 is 2.60 bits per heavy atom. The van der Waals surface area contributed by atoms with Gasteiger partial charge in [-0.25, -0.2) is 0 Å². The molecule has 1 saturated heterocycles. The maximum absolute atomic E-state index is 13.2. The van der Waals surface area contributed by atoms with Crippen LogP contribution >= 0.6 is 0 Å². The second kappa shape index (κ2) is 8.45. The van der Waals surface area contributed by atoms with Gasteiger partial charge in [0.15, 0.2) is 0 Å². The summed E-state index contributed by atoms with van der Waals surface area (Å²) in [6.07, 6.45) is 12.1. The number of carbonyl (C=O) groups is 1. The van der Waals surface area contributed by atoms with Crippen molar-refractivity contribution in [2.45, 2.75) is 96.3 Å². The minimum atomic E-state index is -0.435. The Labute approximate surface area is 210 Å². The molecule has 0 amide bonds. The Bertz CT molecular complexity index is 1010. The summed E-state index contributed by atoms with van der Waals surface area (Å²) < 4.78 is 6.37. The van der Waals surface area contributed by atoms with Crippen molar-refractivity contribution < 1.29 is 14.6 Å². The van der Waals surface area contributed by atoms with Crippen molar-refractivity contribution in [3.63, 3.8) is 0 Å². The number of benzene rings is 1. The summed E-state index contributed by atoms with van der Waals surface area (Å²) in [7, 11) is 0. The number of nitrogens with one attached hydrogen (secondary N) is 1. The maximum Gasteiger partial charge on any atom is 0.324 e. The van der Waals surface area contributed by atoms with Crippen LogP contribution in [-0.4, -0.2) is 35.4 Å². The summed E-state index contributed by atoms with van der Waals surface area (Å²) in [6.45, 7) is 7.96. The minimum absolute atomic E-state index is 0.0816. The molecule has 4 aliphatic carbocycles. The fourth-order valence-corrected chi connectivity index (χ4v) is 9.59. The van der Waals surface area contributed by atoms with Gasteiger partial charge in [0.1, 0.15) is 11.6 Å². The van der Waals surface area contributed by atoms with E-state index in [0.717, 1.165) is 44.1 Å². The molecule has 0 spiro atoms. The van der Waals surface area contributed by atoms with E-state index in [0.29, 0.717) is 18.3 Å². The lowest BCUT2D eigenvalue weighted by atomic mass is 9.46. The van der Waals surface area contributed by atoms with Gasteiger partial charge in [0.25, 0.3) is 0 Å². The van der Waals surface area contributed by atoms with Crippen molar-refractivity contribution in [2.24, 2.45) is 34.5 Å². The number of hydrogen-bond acceptors (Lipinski definition) is 4. The van der Waals surface area contributed by atoms with Gasteiger partial charge in [-0.05, 0) is 98.9 Å². The smallest absolute Gasteiger partial charge is 0.324 e. The van der Waals surface area contributed by atoms with E-state index in [9.17, 15) is 9.90 Å². The molecule has 6 rings (SSSR count). The Morgan fingerprint density at radius 2 is 1.83 bits per heavy atom. The summed E-state index contributed by atoms with van der Waals surface area (Å²) in [6, 6.07) is 9.99. The van der Waals surface area contributed by atoms with Crippen LogP contribution in [-0.2, 0) is 16.0 Å². The van der Waals surface area contributed by atoms with E-state index in [-0.39, 0.29) is 28.9 Å². The van der Waals surface area contributed by atoms with Crippen LogP contribution in [0.2, 0.25) is 0 Å². The monoisotopic (exact) mass is 477 g/mol. The zero-order valence-corrected chi connectivity index (χ0v) is 21.8. The number of allylic oxidation sites excluding steroid dienone is 1. The third kappa shape index (κ3) is 3.73. The number of aliphatic hydroxyl groups is 1. The largest absolute Gasteiger partial charge is 0.457 e. The molecule has 1 aromatic rings.